The monoisotopic (exact) mass is 527 g/mol. The van der Waals surface area contributed by atoms with Crippen molar-refractivity contribution in [3.63, 3.8) is 0 Å². The van der Waals surface area contributed by atoms with E-state index in [0.717, 1.165) is 36.3 Å². The summed E-state index contributed by atoms with van der Waals surface area (Å²) in [5.41, 5.74) is 1.62. The van der Waals surface area contributed by atoms with E-state index in [9.17, 15) is 18.0 Å². The molecule has 2 aliphatic rings. The zero-order chi connectivity index (χ0) is 26.9. The largest absolute Gasteiger partial charge is 0.493 e. The fourth-order valence-corrected chi connectivity index (χ4v) is 4.91. The summed E-state index contributed by atoms with van der Waals surface area (Å²) in [6.45, 7) is 3.67. The molecule has 1 fully saturated rings. The highest BCUT2D eigenvalue weighted by atomic mass is 19.4. The number of alkyl halides is 3. The molecule has 8 nitrogen and oxygen atoms in total. The molecular formula is C27H28F3N5O3. The van der Waals surface area contributed by atoms with Crippen LogP contribution in [0.3, 0.4) is 0 Å². The molecule has 0 saturated carbocycles. The number of anilines is 3. The molecule has 3 aromatic rings. The number of nitrogens with one attached hydrogen (secondary N) is 1. The summed E-state index contributed by atoms with van der Waals surface area (Å²) in [6, 6.07) is 9.75. The average molecular weight is 528 g/mol. The number of benzene rings is 1. The van der Waals surface area contributed by atoms with E-state index in [2.05, 4.69) is 15.2 Å². The van der Waals surface area contributed by atoms with Crippen LogP contribution in [0.15, 0.2) is 48.7 Å². The summed E-state index contributed by atoms with van der Waals surface area (Å²) in [6.07, 6.45) is -1.17. The molecular weight excluding hydrogens is 499 g/mol. The topological polar surface area (TPSA) is 90.8 Å². The third-order valence-corrected chi connectivity index (χ3v) is 6.76. The van der Waals surface area contributed by atoms with Crippen LogP contribution in [0.1, 0.15) is 30.9 Å². The molecule has 1 unspecified atom stereocenters. The van der Waals surface area contributed by atoms with E-state index in [4.69, 9.17) is 14.8 Å². The smallest absolute Gasteiger partial charge is 0.416 e. The van der Waals surface area contributed by atoms with E-state index in [0.29, 0.717) is 54.6 Å². The van der Waals surface area contributed by atoms with Gasteiger partial charge in [0, 0.05) is 43.9 Å². The maximum Gasteiger partial charge on any atom is 0.416 e. The summed E-state index contributed by atoms with van der Waals surface area (Å²) in [5.74, 6) is 1.21. The number of aromatic nitrogens is 2. The highest BCUT2D eigenvalue weighted by Gasteiger charge is 2.41. The molecule has 5 rings (SSSR count). The zero-order valence-corrected chi connectivity index (χ0v) is 20.8. The maximum absolute atomic E-state index is 13.6. The predicted octanol–water partition coefficient (Wildman–Crippen LogP) is 5.12. The lowest BCUT2D eigenvalue weighted by atomic mass is 10.00. The standard InChI is InChI=1S/C27H28F3N5O3/c1-2-17-14-22-25(33-24(17)18-5-3-6-19(13-18)27(28,29)30)35(20-8-10-34(22)16-20)26(37)32-23-15-21(7-9-31-23)38-12-4-11-36/h3,5-7,9,13-15,20,36H,2,4,8,10-12,16H2,1H3,(H,31,32,37). The summed E-state index contributed by atoms with van der Waals surface area (Å²) in [7, 11) is 0. The van der Waals surface area contributed by atoms with Crippen molar-refractivity contribution < 1.29 is 27.8 Å². The van der Waals surface area contributed by atoms with Crippen molar-refractivity contribution >= 4 is 23.4 Å². The van der Waals surface area contributed by atoms with Crippen LogP contribution in [-0.2, 0) is 12.6 Å². The lowest BCUT2D eigenvalue weighted by molar-refractivity contribution is -0.137. The number of nitrogens with zero attached hydrogens (tertiary/aromatic N) is 4. The lowest BCUT2D eigenvalue weighted by Crippen LogP contribution is -2.48. The number of carbonyl (C=O) groups is 1. The number of fused-ring (bicyclic) bond motifs is 4. The van der Waals surface area contributed by atoms with Crippen molar-refractivity contribution in [2.24, 2.45) is 0 Å². The molecule has 2 amide bonds. The van der Waals surface area contributed by atoms with Gasteiger partial charge in [-0.2, -0.15) is 13.2 Å². The minimum atomic E-state index is -4.48. The molecule has 4 heterocycles. The molecule has 1 atom stereocenters. The lowest BCUT2D eigenvalue weighted by Gasteiger charge is -2.36. The Labute approximate surface area is 218 Å². The Morgan fingerprint density at radius 2 is 2.08 bits per heavy atom. The average Bonchev–Trinajstić information content (AvgIpc) is 3.32. The van der Waals surface area contributed by atoms with Gasteiger partial charge in [-0.1, -0.05) is 19.1 Å². The Hall–Kier alpha value is -3.86. The third-order valence-electron chi connectivity index (χ3n) is 6.76. The van der Waals surface area contributed by atoms with E-state index in [1.165, 1.54) is 12.3 Å². The van der Waals surface area contributed by atoms with Gasteiger partial charge in [0.1, 0.15) is 11.6 Å². The second-order valence-corrected chi connectivity index (χ2v) is 9.26. The summed E-state index contributed by atoms with van der Waals surface area (Å²) >= 11 is 0. The number of ether oxygens (including phenoxy) is 1. The van der Waals surface area contributed by atoms with Crippen molar-refractivity contribution in [1.82, 2.24) is 9.97 Å². The summed E-state index contributed by atoms with van der Waals surface area (Å²) in [5, 5.41) is 11.8. The number of pyridine rings is 2. The van der Waals surface area contributed by atoms with Crippen LogP contribution < -0.4 is 19.9 Å². The van der Waals surface area contributed by atoms with Gasteiger partial charge in [0.15, 0.2) is 5.82 Å². The van der Waals surface area contributed by atoms with Crippen LogP contribution in [0.5, 0.6) is 5.75 Å². The summed E-state index contributed by atoms with van der Waals surface area (Å²) < 4.78 is 45.9. The van der Waals surface area contributed by atoms with Crippen LogP contribution in [0.25, 0.3) is 11.3 Å². The highest BCUT2D eigenvalue weighted by Crippen LogP contribution is 2.42. The van der Waals surface area contributed by atoms with E-state index in [-0.39, 0.29) is 12.6 Å². The molecule has 2 aliphatic heterocycles. The number of aliphatic hydroxyl groups is 1. The minimum absolute atomic E-state index is 0.0106. The van der Waals surface area contributed by atoms with Crippen LogP contribution >= 0.6 is 0 Å². The van der Waals surface area contributed by atoms with Crippen LogP contribution in [0, 0.1) is 0 Å². The van der Waals surface area contributed by atoms with Crippen LogP contribution in [0.4, 0.5) is 35.3 Å². The van der Waals surface area contributed by atoms with Crippen LogP contribution in [-0.4, -0.2) is 53.5 Å². The Kier molecular flexibility index (Phi) is 7.11. The first-order valence-corrected chi connectivity index (χ1v) is 12.5. The minimum Gasteiger partial charge on any atom is -0.493 e. The zero-order valence-electron chi connectivity index (χ0n) is 20.8. The molecule has 38 heavy (non-hydrogen) atoms. The van der Waals surface area contributed by atoms with Gasteiger partial charge in [0.25, 0.3) is 0 Å². The van der Waals surface area contributed by atoms with E-state index in [1.54, 1.807) is 23.1 Å². The molecule has 2 bridgehead atoms. The number of hydrogen-bond donors (Lipinski definition) is 2. The second kappa shape index (κ2) is 10.5. The molecule has 0 radical (unpaired) electrons. The Balaban J connectivity index is 1.50. The maximum atomic E-state index is 13.6. The normalized spacial score (nSPS) is 16.4. The van der Waals surface area contributed by atoms with Gasteiger partial charge in [-0.15, -0.1) is 0 Å². The van der Waals surface area contributed by atoms with Crippen molar-refractivity contribution in [3.05, 3.63) is 59.8 Å². The first-order chi connectivity index (χ1) is 18.3. The van der Waals surface area contributed by atoms with Gasteiger partial charge in [-0.25, -0.2) is 14.8 Å². The molecule has 0 spiro atoms. The van der Waals surface area contributed by atoms with Gasteiger partial charge in [0.05, 0.1) is 29.6 Å². The highest BCUT2D eigenvalue weighted by molar-refractivity contribution is 6.04. The molecule has 11 heteroatoms. The fourth-order valence-electron chi connectivity index (χ4n) is 4.91. The number of carbonyl (C=O) groups excluding carboxylic acids is 1. The van der Waals surface area contributed by atoms with Crippen molar-refractivity contribution in [1.29, 1.82) is 0 Å². The number of aryl methyl sites for hydroxylation is 1. The van der Waals surface area contributed by atoms with Gasteiger partial charge >= 0.3 is 12.2 Å². The SMILES string of the molecule is CCc1cc2c(nc1-c1cccc(C(F)(F)F)c1)N(C(=O)Nc1cc(OCCCO)ccn1)C1CCN2C1. The Morgan fingerprint density at radius 1 is 1.24 bits per heavy atom. The van der Waals surface area contributed by atoms with E-state index < -0.39 is 17.8 Å². The van der Waals surface area contributed by atoms with E-state index >= 15 is 0 Å². The molecule has 1 saturated heterocycles. The predicted molar refractivity (Wildman–Crippen MR) is 138 cm³/mol. The van der Waals surface area contributed by atoms with Crippen LogP contribution in [0.2, 0.25) is 0 Å². The first kappa shape index (κ1) is 25.8. The summed E-state index contributed by atoms with van der Waals surface area (Å²) in [4.78, 5) is 26.4. The molecule has 2 N–H and O–H groups in total. The molecule has 200 valence electrons. The second-order valence-electron chi connectivity index (χ2n) is 9.26. The van der Waals surface area contributed by atoms with Crippen molar-refractivity contribution in [3.8, 4) is 17.0 Å². The number of amides is 2. The molecule has 1 aromatic carbocycles. The number of aliphatic hydroxyl groups excluding tert-OH is 1. The molecule has 2 aromatic heterocycles. The van der Waals surface area contributed by atoms with Gasteiger partial charge in [0.2, 0.25) is 0 Å². The number of urea groups is 1. The number of rotatable bonds is 7. The van der Waals surface area contributed by atoms with Gasteiger partial charge < -0.3 is 14.7 Å². The van der Waals surface area contributed by atoms with Gasteiger partial charge in [-0.05, 0) is 42.7 Å². The number of halogens is 3. The van der Waals surface area contributed by atoms with Crippen molar-refractivity contribution in [2.75, 3.05) is 41.4 Å². The fraction of sp³-hybridized carbons (Fsp3) is 0.370. The Bertz CT molecular complexity index is 1330. The molecule has 0 aliphatic carbocycles. The van der Waals surface area contributed by atoms with Gasteiger partial charge in [-0.3, -0.25) is 10.2 Å². The first-order valence-electron chi connectivity index (χ1n) is 12.5. The van der Waals surface area contributed by atoms with E-state index in [1.807, 2.05) is 13.0 Å². The Morgan fingerprint density at radius 3 is 2.84 bits per heavy atom. The van der Waals surface area contributed by atoms with Crippen molar-refractivity contribution in [2.45, 2.75) is 38.4 Å². The number of hydrogen-bond acceptors (Lipinski definition) is 6. The quantitative estimate of drug-likeness (QED) is 0.415. The third kappa shape index (κ3) is 5.10.